The molecule has 228 valence electrons. The molecule has 0 aliphatic heterocycles. The summed E-state index contributed by atoms with van der Waals surface area (Å²) in [5.74, 6) is -2.19. The van der Waals surface area contributed by atoms with Crippen molar-refractivity contribution in [3.63, 3.8) is 0 Å². The van der Waals surface area contributed by atoms with Gasteiger partial charge in [-0.1, -0.05) is 41.0 Å². The molecule has 3 aromatic rings. The van der Waals surface area contributed by atoms with Crippen molar-refractivity contribution in [3.8, 4) is 0 Å². The number of hydroxylamine groups is 1. The maximum absolute atomic E-state index is 14.5. The second-order valence-electron chi connectivity index (χ2n) is 9.52. The average Bonchev–Trinajstić information content (AvgIpc) is 3.38. The van der Waals surface area contributed by atoms with Gasteiger partial charge in [-0.25, -0.2) is 23.8 Å². The fourth-order valence-electron chi connectivity index (χ4n) is 4.00. The Morgan fingerprint density at radius 3 is 2.63 bits per heavy atom. The SMILES string of the molecule is C/C=C(\C)C(CC/C(C)=C/CC(=NC)NOC=O)NC(=O)c1cc(C(=O)NCc2ccc(F)c(Cl)c2)nc2c(F)cnn12. The number of fused-ring (bicyclic) bond motifs is 1. The number of allylic oxidation sites excluding steroid dienone is 2. The summed E-state index contributed by atoms with van der Waals surface area (Å²) in [7, 11) is 1.57. The van der Waals surface area contributed by atoms with Gasteiger partial charge >= 0.3 is 6.47 Å². The number of amidine groups is 1. The van der Waals surface area contributed by atoms with E-state index in [1.807, 2.05) is 32.9 Å². The molecule has 1 atom stereocenters. The van der Waals surface area contributed by atoms with E-state index in [1.165, 1.54) is 24.3 Å². The smallest absolute Gasteiger partial charge is 0.320 e. The molecular formula is C29H32ClF2N7O4. The zero-order valence-electron chi connectivity index (χ0n) is 24.1. The number of hydrogen-bond acceptors (Lipinski definition) is 7. The Balaban J connectivity index is 1.78. The lowest BCUT2D eigenvalue weighted by atomic mass is 9.99. The highest BCUT2D eigenvalue weighted by Crippen LogP contribution is 2.18. The minimum atomic E-state index is -0.806. The highest BCUT2D eigenvalue weighted by Gasteiger charge is 2.22. The van der Waals surface area contributed by atoms with Gasteiger partial charge in [-0.2, -0.15) is 5.10 Å². The van der Waals surface area contributed by atoms with Crippen LogP contribution in [-0.4, -0.2) is 51.8 Å². The van der Waals surface area contributed by atoms with Crippen LogP contribution in [0.1, 0.15) is 66.6 Å². The zero-order chi connectivity index (χ0) is 31.5. The van der Waals surface area contributed by atoms with Crippen LogP contribution in [-0.2, 0) is 16.2 Å². The van der Waals surface area contributed by atoms with Gasteiger partial charge < -0.3 is 15.5 Å². The van der Waals surface area contributed by atoms with Gasteiger partial charge in [0, 0.05) is 26.1 Å². The number of rotatable bonds is 13. The first-order chi connectivity index (χ1) is 20.6. The molecule has 3 rings (SSSR count). The number of nitrogens with one attached hydrogen (secondary N) is 3. The van der Waals surface area contributed by atoms with Crippen molar-refractivity contribution in [1.29, 1.82) is 0 Å². The first-order valence-corrected chi connectivity index (χ1v) is 13.6. The van der Waals surface area contributed by atoms with Crippen molar-refractivity contribution in [3.05, 3.63) is 87.4 Å². The molecule has 0 radical (unpaired) electrons. The van der Waals surface area contributed by atoms with Crippen molar-refractivity contribution in [2.24, 2.45) is 4.99 Å². The molecule has 0 bridgehead atoms. The summed E-state index contributed by atoms with van der Waals surface area (Å²) in [5, 5.41) is 9.42. The number of halogens is 3. The number of carbonyl (C=O) groups is 3. The lowest BCUT2D eigenvalue weighted by molar-refractivity contribution is -0.132. The number of aromatic nitrogens is 3. The van der Waals surface area contributed by atoms with Gasteiger partial charge in [0.15, 0.2) is 11.5 Å². The Labute approximate surface area is 252 Å². The van der Waals surface area contributed by atoms with Crippen LogP contribution in [0.3, 0.4) is 0 Å². The molecule has 3 N–H and O–H groups in total. The maximum Gasteiger partial charge on any atom is 0.320 e. The van der Waals surface area contributed by atoms with Crippen molar-refractivity contribution >= 4 is 41.4 Å². The number of aliphatic imine (C=N–C) groups is 1. The van der Waals surface area contributed by atoms with E-state index in [0.717, 1.165) is 21.9 Å². The first kappa shape index (κ1) is 32.9. The number of carbonyl (C=O) groups excluding carboxylic acids is 3. The van der Waals surface area contributed by atoms with Gasteiger partial charge in [-0.3, -0.25) is 19.4 Å². The van der Waals surface area contributed by atoms with E-state index >= 15 is 0 Å². The van der Waals surface area contributed by atoms with Crippen molar-refractivity contribution in [2.45, 2.75) is 52.6 Å². The lowest BCUT2D eigenvalue weighted by Gasteiger charge is -2.20. The lowest BCUT2D eigenvalue weighted by Crippen LogP contribution is -2.37. The Hall–Kier alpha value is -4.65. The Morgan fingerprint density at radius 2 is 1.95 bits per heavy atom. The quantitative estimate of drug-likeness (QED) is 0.0847. The Kier molecular flexibility index (Phi) is 11.9. The van der Waals surface area contributed by atoms with Crippen LogP contribution in [0.5, 0.6) is 0 Å². The van der Waals surface area contributed by atoms with Gasteiger partial charge in [-0.05, 0) is 51.3 Å². The van der Waals surface area contributed by atoms with Crippen molar-refractivity contribution in [2.75, 3.05) is 7.05 Å². The molecule has 1 aromatic carbocycles. The first-order valence-electron chi connectivity index (χ1n) is 13.2. The third kappa shape index (κ3) is 8.92. The van der Waals surface area contributed by atoms with Gasteiger partial charge in [0.2, 0.25) is 0 Å². The molecule has 43 heavy (non-hydrogen) atoms. The van der Waals surface area contributed by atoms with Crippen LogP contribution in [0.2, 0.25) is 5.02 Å². The van der Waals surface area contributed by atoms with Gasteiger partial charge in [0.05, 0.1) is 17.3 Å². The molecule has 2 amide bonds. The topological polar surface area (TPSA) is 139 Å². The molecule has 1 unspecified atom stereocenters. The highest BCUT2D eigenvalue weighted by molar-refractivity contribution is 6.30. The van der Waals surface area contributed by atoms with Gasteiger partial charge in [-0.15, -0.1) is 0 Å². The summed E-state index contributed by atoms with van der Waals surface area (Å²) in [6.07, 6.45) is 6.28. The van der Waals surface area contributed by atoms with Crippen LogP contribution in [0, 0.1) is 11.6 Å². The predicted molar refractivity (Wildman–Crippen MR) is 157 cm³/mol. The average molecular weight is 616 g/mol. The van der Waals surface area contributed by atoms with E-state index < -0.39 is 23.4 Å². The Morgan fingerprint density at radius 1 is 1.19 bits per heavy atom. The zero-order valence-corrected chi connectivity index (χ0v) is 24.8. The van der Waals surface area contributed by atoms with Gasteiger partial charge in [0.25, 0.3) is 11.8 Å². The second-order valence-corrected chi connectivity index (χ2v) is 9.93. The monoisotopic (exact) mass is 615 g/mol. The largest absolute Gasteiger partial charge is 0.347 e. The van der Waals surface area contributed by atoms with Crippen LogP contribution in [0.25, 0.3) is 5.65 Å². The molecule has 0 aliphatic rings. The molecule has 14 heteroatoms. The maximum atomic E-state index is 14.5. The van der Waals surface area contributed by atoms with Crippen LogP contribution in [0.4, 0.5) is 8.78 Å². The standard InChI is InChI=1S/C29H32ClF2N7O4/c1-5-18(3)23(10-6-17(2)7-11-26(33-4)38-43-16-40)37-29(42)25-13-24(36-27-22(32)15-35-39(25)27)28(41)34-14-19-8-9-21(31)20(30)12-19/h5,7-9,12-13,15-16,23H,6,10-11,14H2,1-4H3,(H,33,38)(H,34,41)(H,37,42)/b17-7+,18-5+. The molecular weight excluding hydrogens is 584 g/mol. The van der Waals surface area contributed by atoms with E-state index in [-0.39, 0.29) is 41.1 Å². The molecule has 0 spiro atoms. The molecule has 0 saturated carbocycles. The molecule has 2 heterocycles. The molecule has 0 saturated heterocycles. The van der Waals surface area contributed by atoms with E-state index in [0.29, 0.717) is 30.7 Å². The van der Waals surface area contributed by atoms with Gasteiger partial charge in [0.1, 0.15) is 23.0 Å². The number of amides is 2. The van der Waals surface area contributed by atoms with E-state index in [2.05, 4.69) is 36.0 Å². The fourth-order valence-corrected chi connectivity index (χ4v) is 4.20. The summed E-state index contributed by atoms with van der Waals surface area (Å²) < 4.78 is 29.0. The molecule has 0 fully saturated rings. The second kappa shape index (κ2) is 15.5. The van der Waals surface area contributed by atoms with Crippen molar-refractivity contribution < 1.29 is 28.0 Å². The third-order valence-electron chi connectivity index (χ3n) is 6.61. The molecule has 2 aromatic heterocycles. The number of nitrogens with zero attached hydrogens (tertiary/aromatic N) is 4. The normalized spacial score (nSPS) is 13.0. The van der Waals surface area contributed by atoms with Crippen molar-refractivity contribution in [1.82, 2.24) is 30.7 Å². The summed E-state index contributed by atoms with van der Waals surface area (Å²) in [6, 6.07) is 4.86. The van der Waals surface area contributed by atoms with Crippen LogP contribution < -0.4 is 16.1 Å². The fraction of sp³-hybridized carbons (Fsp3) is 0.310. The van der Waals surface area contributed by atoms with E-state index in [9.17, 15) is 23.2 Å². The van der Waals surface area contributed by atoms with E-state index in [1.54, 1.807) is 7.05 Å². The number of hydrogen-bond donors (Lipinski definition) is 3. The summed E-state index contributed by atoms with van der Waals surface area (Å²) >= 11 is 5.81. The van der Waals surface area contributed by atoms with Crippen LogP contribution in [0.15, 0.2) is 58.8 Å². The predicted octanol–water partition coefficient (Wildman–Crippen LogP) is 4.48. The molecule has 11 nitrogen and oxygen atoms in total. The van der Waals surface area contributed by atoms with Crippen LogP contribution >= 0.6 is 11.6 Å². The third-order valence-corrected chi connectivity index (χ3v) is 6.90. The summed E-state index contributed by atoms with van der Waals surface area (Å²) in [5.41, 5.74) is 4.30. The highest BCUT2D eigenvalue weighted by atomic mass is 35.5. The number of benzene rings is 1. The summed E-state index contributed by atoms with van der Waals surface area (Å²) in [4.78, 5) is 49.4. The minimum absolute atomic E-state index is 0.00379. The summed E-state index contributed by atoms with van der Waals surface area (Å²) in [6.45, 7) is 5.92. The minimum Gasteiger partial charge on any atom is -0.347 e. The molecule has 0 aliphatic carbocycles. The van der Waals surface area contributed by atoms with E-state index in [4.69, 9.17) is 11.6 Å². The Bertz CT molecular complexity index is 1590.